The van der Waals surface area contributed by atoms with E-state index in [1.54, 1.807) is 11.0 Å². The van der Waals surface area contributed by atoms with Crippen LogP contribution in [0.2, 0.25) is 5.02 Å². The number of benzene rings is 1. The van der Waals surface area contributed by atoms with Gasteiger partial charge >= 0.3 is 0 Å². The van der Waals surface area contributed by atoms with E-state index in [2.05, 4.69) is 0 Å². The Hall–Kier alpha value is -0.930. The van der Waals surface area contributed by atoms with E-state index in [0.29, 0.717) is 11.6 Å². The van der Waals surface area contributed by atoms with Gasteiger partial charge in [0, 0.05) is 23.0 Å². The van der Waals surface area contributed by atoms with Gasteiger partial charge in [0.25, 0.3) is 5.91 Å². The van der Waals surface area contributed by atoms with Crippen molar-refractivity contribution in [3.63, 3.8) is 0 Å². The van der Waals surface area contributed by atoms with E-state index >= 15 is 0 Å². The second-order valence-corrected chi connectivity index (χ2v) is 6.15. The first kappa shape index (κ1) is 14.5. The molecule has 2 rings (SSSR count). The SMILES string of the molecule is CC(Cl)CC1CCCN1C(=O)c1cc(Cl)ccc1O. The highest BCUT2D eigenvalue weighted by atomic mass is 35.5. The average Bonchev–Trinajstić information content (AvgIpc) is 2.78. The minimum atomic E-state index is -0.167. The van der Waals surface area contributed by atoms with E-state index in [4.69, 9.17) is 23.2 Å². The molecule has 1 aliphatic rings. The molecule has 3 nitrogen and oxygen atoms in total. The summed E-state index contributed by atoms with van der Waals surface area (Å²) in [5.41, 5.74) is 0.265. The van der Waals surface area contributed by atoms with Crippen LogP contribution in [0.15, 0.2) is 18.2 Å². The number of halogens is 2. The molecule has 2 unspecified atom stereocenters. The lowest BCUT2D eigenvalue weighted by atomic mass is 10.1. The fourth-order valence-corrected chi connectivity index (χ4v) is 2.94. The quantitative estimate of drug-likeness (QED) is 0.866. The van der Waals surface area contributed by atoms with Crippen molar-refractivity contribution in [1.82, 2.24) is 4.90 Å². The van der Waals surface area contributed by atoms with Crippen molar-refractivity contribution in [3.05, 3.63) is 28.8 Å². The number of hydrogen-bond donors (Lipinski definition) is 1. The van der Waals surface area contributed by atoms with Crippen molar-refractivity contribution in [2.75, 3.05) is 6.54 Å². The van der Waals surface area contributed by atoms with Crippen molar-refractivity contribution < 1.29 is 9.90 Å². The first-order valence-electron chi connectivity index (χ1n) is 6.42. The first-order chi connectivity index (χ1) is 8.99. The van der Waals surface area contributed by atoms with Crippen LogP contribution in [0.1, 0.15) is 36.5 Å². The lowest BCUT2D eigenvalue weighted by Crippen LogP contribution is -2.36. The number of hydrogen-bond acceptors (Lipinski definition) is 2. The summed E-state index contributed by atoms with van der Waals surface area (Å²) in [7, 11) is 0. The Kier molecular flexibility index (Phi) is 4.58. The number of aromatic hydroxyl groups is 1. The van der Waals surface area contributed by atoms with Gasteiger partial charge in [-0.25, -0.2) is 0 Å². The summed E-state index contributed by atoms with van der Waals surface area (Å²) >= 11 is 11.9. The van der Waals surface area contributed by atoms with Crippen LogP contribution in [0.4, 0.5) is 0 Å². The fraction of sp³-hybridized carbons (Fsp3) is 0.500. The molecule has 0 spiro atoms. The summed E-state index contributed by atoms with van der Waals surface area (Å²) in [5.74, 6) is -0.196. The molecule has 1 fully saturated rings. The van der Waals surface area contributed by atoms with Gasteiger partial charge in [-0.1, -0.05) is 11.6 Å². The molecule has 0 aliphatic carbocycles. The Labute approximate surface area is 123 Å². The number of rotatable bonds is 3. The second-order valence-electron chi connectivity index (χ2n) is 4.97. The minimum Gasteiger partial charge on any atom is -0.507 e. The lowest BCUT2D eigenvalue weighted by Gasteiger charge is -2.26. The third-order valence-electron chi connectivity index (χ3n) is 3.42. The molecule has 0 radical (unpaired) electrons. The average molecular weight is 302 g/mol. The van der Waals surface area contributed by atoms with E-state index in [1.807, 2.05) is 6.92 Å². The van der Waals surface area contributed by atoms with E-state index in [9.17, 15) is 9.90 Å². The zero-order valence-corrected chi connectivity index (χ0v) is 12.3. The molecule has 2 atom stereocenters. The predicted molar refractivity (Wildman–Crippen MR) is 77.1 cm³/mol. The number of carbonyl (C=O) groups is 1. The van der Waals surface area contributed by atoms with Crippen molar-refractivity contribution >= 4 is 29.1 Å². The number of likely N-dealkylation sites (tertiary alicyclic amines) is 1. The van der Waals surface area contributed by atoms with Crippen molar-refractivity contribution in [2.24, 2.45) is 0 Å². The molecule has 1 heterocycles. The highest BCUT2D eigenvalue weighted by Gasteiger charge is 2.31. The topological polar surface area (TPSA) is 40.5 Å². The Morgan fingerprint density at radius 3 is 3.00 bits per heavy atom. The van der Waals surface area contributed by atoms with Crippen molar-refractivity contribution in [3.8, 4) is 5.75 Å². The van der Waals surface area contributed by atoms with E-state index in [0.717, 1.165) is 19.3 Å². The van der Waals surface area contributed by atoms with E-state index < -0.39 is 0 Å². The normalized spacial score (nSPS) is 20.6. The molecule has 0 saturated carbocycles. The van der Waals surface area contributed by atoms with Crippen LogP contribution < -0.4 is 0 Å². The van der Waals surface area contributed by atoms with Gasteiger partial charge in [-0.05, 0) is 44.4 Å². The first-order valence-corrected chi connectivity index (χ1v) is 7.24. The van der Waals surface area contributed by atoms with Crippen LogP contribution in [-0.2, 0) is 0 Å². The molecule has 104 valence electrons. The zero-order valence-electron chi connectivity index (χ0n) is 10.8. The Bertz CT molecular complexity index is 477. The lowest BCUT2D eigenvalue weighted by molar-refractivity contribution is 0.0728. The van der Waals surface area contributed by atoms with Gasteiger partial charge in [-0.3, -0.25) is 4.79 Å². The van der Waals surface area contributed by atoms with E-state index in [1.165, 1.54) is 12.1 Å². The van der Waals surface area contributed by atoms with Gasteiger partial charge in [0.15, 0.2) is 0 Å². The maximum Gasteiger partial charge on any atom is 0.257 e. The van der Waals surface area contributed by atoms with Crippen LogP contribution in [0.3, 0.4) is 0 Å². The summed E-state index contributed by atoms with van der Waals surface area (Å²) in [5, 5.41) is 10.3. The highest BCUT2D eigenvalue weighted by molar-refractivity contribution is 6.31. The molecule has 1 aliphatic heterocycles. The zero-order chi connectivity index (χ0) is 14.0. The van der Waals surface area contributed by atoms with Crippen molar-refractivity contribution in [1.29, 1.82) is 0 Å². The van der Waals surface area contributed by atoms with Crippen LogP contribution in [0.25, 0.3) is 0 Å². The third-order valence-corrected chi connectivity index (χ3v) is 3.84. The summed E-state index contributed by atoms with van der Waals surface area (Å²) in [6.07, 6.45) is 2.71. The Morgan fingerprint density at radius 2 is 2.32 bits per heavy atom. The van der Waals surface area contributed by atoms with Crippen molar-refractivity contribution in [2.45, 2.75) is 37.6 Å². The molecule has 1 aromatic rings. The molecule has 1 amide bonds. The predicted octanol–water partition coefficient (Wildman–Crippen LogP) is 3.67. The number of carbonyl (C=O) groups excluding carboxylic acids is 1. The van der Waals surface area contributed by atoms with Gasteiger partial charge in [0.05, 0.1) is 5.56 Å². The Morgan fingerprint density at radius 1 is 1.58 bits per heavy atom. The van der Waals surface area contributed by atoms with Gasteiger partial charge in [0.2, 0.25) is 0 Å². The summed E-state index contributed by atoms with van der Waals surface area (Å²) < 4.78 is 0. The van der Waals surface area contributed by atoms with Crippen LogP contribution >= 0.6 is 23.2 Å². The monoisotopic (exact) mass is 301 g/mol. The fourth-order valence-electron chi connectivity index (χ4n) is 2.56. The molecule has 1 aromatic carbocycles. The van der Waals surface area contributed by atoms with Gasteiger partial charge < -0.3 is 10.0 Å². The number of alkyl halides is 1. The number of nitrogens with zero attached hydrogens (tertiary/aromatic N) is 1. The molecule has 5 heteroatoms. The standard InChI is InChI=1S/C14H17Cl2NO2/c1-9(15)7-11-3-2-6-17(11)14(19)12-8-10(16)4-5-13(12)18/h4-5,8-9,11,18H,2-3,6-7H2,1H3. The summed E-state index contributed by atoms with van der Waals surface area (Å²) in [4.78, 5) is 14.3. The van der Waals surface area contributed by atoms with Crippen LogP contribution in [0, 0.1) is 0 Å². The maximum absolute atomic E-state index is 12.5. The third kappa shape index (κ3) is 3.34. The molecule has 0 aromatic heterocycles. The summed E-state index contributed by atoms with van der Waals surface area (Å²) in [6, 6.07) is 4.68. The maximum atomic E-state index is 12.5. The summed E-state index contributed by atoms with van der Waals surface area (Å²) in [6.45, 7) is 2.64. The molecule has 1 N–H and O–H groups in total. The molecule has 19 heavy (non-hydrogen) atoms. The largest absolute Gasteiger partial charge is 0.507 e. The second kappa shape index (κ2) is 6.02. The number of amides is 1. The van der Waals surface area contributed by atoms with Gasteiger partial charge in [0.1, 0.15) is 5.75 Å². The highest BCUT2D eigenvalue weighted by Crippen LogP contribution is 2.29. The van der Waals surface area contributed by atoms with Crippen LogP contribution in [-0.4, -0.2) is 33.9 Å². The Balaban J connectivity index is 2.20. The van der Waals surface area contributed by atoms with E-state index in [-0.39, 0.29) is 28.6 Å². The molecule has 0 bridgehead atoms. The molecular formula is C14H17Cl2NO2. The van der Waals surface area contributed by atoms with Crippen LogP contribution in [0.5, 0.6) is 5.75 Å². The molecule has 1 saturated heterocycles. The number of phenols is 1. The van der Waals surface area contributed by atoms with Gasteiger partial charge in [-0.2, -0.15) is 0 Å². The minimum absolute atomic E-state index is 0.0287. The molecular weight excluding hydrogens is 285 g/mol. The number of phenolic OH excluding ortho intramolecular Hbond substituents is 1. The van der Waals surface area contributed by atoms with Gasteiger partial charge in [-0.15, -0.1) is 11.6 Å². The smallest absolute Gasteiger partial charge is 0.257 e.